The molecule has 2 rings (SSSR count). The van der Waals surface area contributed by atoms with Gasteiger partial charge in [-0.05, 0) is 44.5 Å². The van der Waals surface area contributed by atoms with Crippen molar-refractivity contribution < 1.29 is 5.11 Å². The van der Waals surface area contributed by atoms with Crippen LogP contribution in [0.5, 0.6) is 0 Å². The van der Waals surface area contributed by atoms with Crippen molar-refractivity contribution in [3.8, 4) is 0 Å². The summed E-state index contributed by atoms with van der Waals surface area (Å²) in [4.78, 5) is 0. The van der Waals surface area contributed by atoms with Gasteiger partial charge >= 0.3 is 0 Å². The van der Waals surface area contributed by atoms with Crippen LogP contribution in [0.15, 0.2) is 60.7 Å². The maximum Gasteiger partial charge on any atom is 0.0677 e. The number of aliphatic hydroxyl groups excluding tert-OH is 1. The van der Waals surface area contributed by atoms with Crippen LogP contribution in [0, 0.1) is 0 Å². The summed E-state index contributed by atoms with van der Waals surface area (Å²) in [6.07, 6.45) is 1.60. The third-order valence-electron chi connectivity index (χ3n) is 4.65. The first-order chi connectivity index (χ1) is 12.7. The molecule has 0 aliphatic heterocycles. The van der Waals surface area contributed by atoms with Crippen molar-refractivity contribution in [1.29, 1.82) is 0 Å². The zero-order valence-corrected chi connectivity index (χ0v) is 16.0. The average molecular weight is 356 g/mol. The van der Waals surface area contributed by atoms with Crippen LogP contribution < -0.4 is 16.0 Å². The fourth-order valence-electron chi connectivity index (χ4n) is 3.11. The van der Waals surface area contributed by atoms with Gasteiger partial charge in [0.1, 0.15) is 0 Å². The Balaban J connectivity index is 1.89. The molecule has 0 bridgehead atoms. The van der Waals surface area contributed by atoms with Crippen molar-refractivity contribution in [2.75, 3.05) is 26.7 Å². The van der Waals surface area contributed by atoms with Crippen LogP contribution in [0.3, 0.4) is 0 Å². The molecule has 26 heavy (non-hydrogen) atoms. The number of nitrogens with one attached hydrogen (secondary N) is 3. The van der Waals surface area contributed by atoms with E-state index in [2.05, 4.69) is 76.6 Å². The molecule has 0 saturated heterocycles. The highest BCUT2D eigenvalue weighted by molar-refractivity contribution is 5.17. The van der Waals surface area contributed by atoms with Gasteiger partial charge in [0.15, 0.2) is 0 Å². The Morgan fingerprint density at radius 3 is 2.04 bits per heavy atom. The molecule has 3 atom stereocenters. The van der Waals surface area contributed by atoms with Crippen LogP contribution in [-0.4, -0.2) is 50.0 Å². The van der Waals surface area contributed by atoms with Gasteiger partial charge in [0, 0.05) is 25.2 Å². The molecule has 0 heterocycles. The molecule has 4 nitrogen and oxygen atoms in total. The second-order valence-corrected chi connectivity index (χ2v) is 6.89. The maximum atomic E-state index is 9.95. The van der Waals surface area contributed by atoms with Crippen molar-refractivity contribution in [2.45, 2.75) is 38.0 Å². The molecule has 0 spiro atoms. The Labute approximate surface area is 158 Å². The topological polar surface area (TPSA) is 56.3 Å². The second-order valence-electron chi connectivity index (χ2n) is 6.89. The minimum Gasteiger partial charge on any atom is -0.392 e. The third-order valence-corrected chi connectivity index (χ3v) is 4.65. The van der Waals surface area contributed by atoms with E-state index < -0.39 is 0 Å². The number of benzene rings is 2. The molecule has 0 amide bonds. The highest BCUT2D eigenvalue weighted by Crippen LogP contribution is 2.05. The lowest BCUT2D eigenvalue weighted by Gasteiger charge is -2.26. The summed E-state index contributed by atoms with van der Waals surface area (Å²) in [6.45, 7) is 4.35. The normalized spacial score (nSPS) is 14.7. The number of aliphatic hydroxyl groups is 1. The molecular formula is C22H33N3O. The first-order valence-electron chi connectivity index (χ1n) is 9.56. The molecule has 0 aliphatic rings. The maximum absolute atomic E-state index is 9.95. The number of likely N-dealkylation sites (N-methyl/N-ethyl adjacent to an activating group) is 1. The quantitative estimate of drug-likeness (QED) is 0.470. The molecule has 0 aromatic heterocycles. The van der Waals surface area contributed by atoms with Crippen molar-refractivity contribution in [1.82, 2.24) is 16.0 Å². The molecule has 2 aromatic carbocycles. The van der Waals surface area contributed by atoms with E-state index in [4.69, 9.17) is 0 Å². The van der Waals surface area contributed by atoms with Gasteiger partial charge in [-0.25, -0.2) is 0 Å². The van der Waals surface area contributed by atoms with Gasteiger partial charge < -0.3 is 21.1 Å². The molecule has 2 unspecified atom stereocenters. The molecule has 4 heteroatoms. The van der Waals surface area contributed by atoms with E-state index in [9.17, 15) is 5.11 Å². The first kappa shape index (κ1) is 20.6. The van der Waals surface area contributed by atoms with Gasteiger partial charge in [0.25, 0.3) is 0 Å². The fourth-order valence-corrected chi connectivity index (χ4v) is 3.11. The summed E-state index contributed by atoms with van der Waals surface area (Å²) in [5.74, 6) is 0. The molecule has 142 valence electrons. The monoisotopic (exact) mass is 355 g/mol. The van der Waals surface area contributed by atoms with Crippen LogP contribution in [0.1, 0.15) is 18.1 Å². The minimum absolute atomic E-state index is 0.0502. The Bertz CT molecular complexity index is 589. The van der Waals surface area contributed by atoms with Gasteiger partial charge in [-0.15, -0.1) is 0 Å². The van der Waals surface area contributed by atoms with Gasteiger partial charge in [-0.3, -0.25) is 0 Å². The van der Waals surface area contributed by atoms with Gasteiger partial charge in [-0.1, -0.05) is 60.7 Å². The van der Waals surface area contributed by atoms with Gasteiger partial charge in [0.2, 0.25) is 0 Å². The van der Waals surface area contributed by atoms with Crippen LogP contribution in [0.25, 0.3) is 0 Å². The largest absolute Gasteiger partial charge is 0.392 e. The predicted octanol–water partition coefficient (Wildman–Crippen LogP) is 1.99. The summed E-state index contributed by atoms with van der Waals surface area (Å²) in [5, 5.41) is 20.3. The summed E-state index contributed by atoms with van der Waals surface area (Å²) >= 11 is 0. The van der Waals surface area contributed by atoms with E-state index in [0.717, 1.165) is 32.5 Å². The number of hydrogen-bond acceptors (Lipinski definition) is 4. The molecule has 4 N–H and O–H groups in total. The second kappa shape index (κ2) is 11.8. The highest BCUT2D eigenvalue weighted by Gasteiger charge is 2.16. The smallest absolute Gasteiger partial charge is 0.0677 e. The summed E-state index contributed by atoms with van der Waals surface area (Å²) in [7, 11) is 1.91. The predicted molar refractivity (Wildman–Crippen MR) is 109 cm³/mol. The van der Waals surface area contributed by atoms with Gasteiger partial charge in [0.05, 0.1) is 6.10 Å². The highest BCUT2D eigenvalue weighted by atomic mass is 16.3. The van der Waals surface area contributed by atoms with E-state index >= 15 is 0 Å². The van der Waals surface area contributed by atoms with Crippen molar-refractivity contribution in [3.05, 3.63) is 71.8 Å². The zero-order chi connectivity index (χ0) is 18.6. The molecule has 0 saturated carbocycles. The Hall–Kier alpha value is -1.72. The average Bonchev–Trinajstić information content (AvgIpc) is 2.66. The van der Waals surface area contributed by atoms with E-state index in [1.54, 1.807) is 0 Å². The van der Waals surface area contributed by atoms with E-state index in [1.165, 1.54) is 11.1 Å². The molecule has 0 fully saturated rings. The van der Waals surface area contributed by atoms with Crippen molar-refractivity contribution >= 4 is 0 Å². The minimum atomic E-state index is -0.385. The van der Waals surface area contributed by atoms with Crippen LogP contribution in [0.2, 0.25) is 0 Å². The molecular weight excluding hydrogens is 322 g/mol. The fraction of sp³-hybridized carbons (Fsp3) is 0.455. The standard InChI is InChI=1S/C22H33N3O/c1-18(26)22(17-23-2)25-16-21(15-20-11-7-4-8-12-20)24-14-13-19-9-5-3-6-10-19/h3-12,18,21-26H,13-17H2,1-2H3/t18?,21-,22?/m0/s1. The van der Waals surface area contributed by atoms with Gasteiger partial charge in [-0.2, -0.15) is 0 Å². The Kier molecular flexibility index (Phi) is 9.35. The summed E-state index contributed by atoms with van der Waals surface area (Å²) in [5.41, 5.74) is 2.68. The first-order valence-corrected chi connectivity index (χ1v) is 9.56. The SMILES string of the molecule is CNCC(NC[C@H](Cc1ccccc1)NCCc1ccccc1)C(C)O. The van der Waals surface area contributed by atoms with Crippen LogP contribution in [-0.2, 0) is 12.8 Å². The van der Waals surface area contributed by atoms with Crippen LogP contribution in [0.4, 0.5) is 0 Å². The lowest BCUT2D eigenvalue weighted by Crippen LogP contribution is -2.50. The Morgan fingerprint density at radius 2 is 1.46 bits per heavy atom. The lowest BCUT2D eigenvalue weighted by molar-refractivity contribution is 0.143. The van der Waals surface area contributed by atoms with Crippen molar-refractivity contribution in [3.63, 3.8) is 0 Å². The van der Waals surface area contributed by atoms with E-state index in [-0.39, 0.29) is 12.1 Å². The van der Waals surface area contributed by atoms with Crippen LogP contribution >= 0.6 is 0 Å². The Morgan fingerprint density at radius 1 is 0.846 bits per heavy atom. The van der Waals surface area contributed by atoms with E-state index in [1.807, 2.05) is 14.0 Å². The molecule has 0 aliphatic carbocycles. The third kappa shape index (κ3) is 7.67. The summed E-state index contributed by atoms with van der Waals surface area (Å²) < 4.78 is 0. The number of rotatable bonds is 12. The zero-order valence-electron chi connectivity index (χ0n) is 16.0. The molecule has 0 radical (unpaired) electrons. The van der Waals surface area contributed by atoms with E-state index in [0.29, 0.717) is 6.04 Å². The molecule has 2 aromatic rings. The van der Waals surface area contributed by atoms with Crippen molar-refractivity contribution in [2.24, 2.45) is 0 Å². The summed E-state index contributed by atoms with van der Waals surface area (Å²) in [6, 6.07) is 21.5. The lowest BCUT2D eigenvalue weighted by atomic mass is 10.0. The number of hydrogen-bond donors (Lipinski definition) is 4.